The van der Waals surface area contributed by atoms with Gasteiger partial charge in [0.25, 0.3) is 0 Å². The predicted molar refractivity (Wildman–Crippen MR) is 143 cm³/mol. The number of hydrogen-bond acceptors (Lipinski definition) is 6. The van der Waals surface area contributed by atoms with E-state index in [-0.39, 0.29) is 18.1 Å². The van der Waals surface area contributed by atoms with Crippen molar-refractivity contribution in [1.82, 2.24) is 4.90 Å². The van der Waals surface area contributed by atoms with Gasteiger partial charge in [0.1, 0.15) is 0 Å². The van der Waals surface area contributed by atoms with E-state index in [9.17, 15) is 14.4 Å². The predicted octanol–water partition coefficient (Wildman–Crippen LogP) is 3.59. The van der Waals surface area contributed by atoms with Crippen LogP contribution in [0.5, 0.6) is 0 Å². The van der Waals surface area contributed by atoms with E-state index in [0.29, 0.717) is 30.5 Å². The number of likely N-dealkylation sites (tertiary alicyclic amines) is 1. The van der Waals surface area contributed by atoms with E-state index < -0.39 is 24.0 Å². The number of carbonyl (C=O) groups is 3. The third kappa shape index (κ3) is 6.65. The number of ether oxygens (including phenoxy) is 1. The highest BCUT2D eigenvalue weighted by Crippen LogP contribution is 2.33. The van der Waals surface area contributed by atoms with Crippen LogP contribution in [-0.2, 0) is 20.7 Å². The van der Waals surface area contributed by atoms with Crippen LogP contribution in [0.3, 0.4) is 0 Å². The smallest absolute Gasteiger partial charge is 0.306 e. The zero-order valence-electron chi connectivity index (χ0n) is 21.7. The summed E-state index contributed by atoms with van der Waals surface area (Å²) >= 11 is 0. The van der Waals surface area contributed by atoms with E-state index in [4.69, 9.17) is 16.2 Å². The summed E-state index contributed by atoms with van der Waals surface area (Å²) in [7, 11) is 1.32. The maximum Gasteiger partial charge on any atom is 0.306 e. The molecule has 2 aromatic rings. The summed E-state index contributed by atoms with van der Waals surface area (Å²) in [5.74, 6) is -0.779. The maximum absolute atomic E-state index is 13.4. The molecule has 3 atom stereocenters. The van der Waals surface area contributed by atoms with Gasteiger partial charge in [-0.2, -0.15) is 0 Å². The Kier molecular flexibility index (Phi) is 9.11. The van der Waals surface area contributed by atoms with Crippen LogP contribution in [0.25, 0.3) is 0 Å². The molecular weight excluding hydrogens is 466 g/mol. The number of ketones is 1. The first-order valence-electron chi connectivity index (χ1n) is 13.4. The minimum atomic E-state index is -0.859. The Hall–Kier alpha value is -3.03. The Morgan fingerprint density at radius 3 is 2.35 bits per heavy atom. The van der Waals surface area contributed by atoms with Crippen LogP contribution >= 0.6 is 0 Å². The van der Waals surface area contributed by atoms with Crippen molar-refractivity contribution in [2.24, 2.45) is 17.4 Å². The highest BCUT2D eigenvalue weighted by molar-refractivity contribution is 6.01. The molecule has 1 unspecified atom stereocenters. The lowest BCUT2D eigenvalue weighted by Crippen LogP contribution is -2.50. The second kappa shape index (κ2) is 12.5. The number of nitrogens with zero attached hydrogens (tertiary/aromatic N) is 1. The minimum absolute atomic E-state index is 0.00166. The second-order valence-electron chi connectivity index (χ2n) is 10.5. The van der Waals surface area contributed by atoms with Crippen molar-refractivity contribution in [2.45, 2.75) is 75.4 Å². The molecule has 1 aliphatic heterocycles. The number of Topliss-reactive ketones (excluding diaryl/α,β-unsaturated/α-hetero) is 1. The fourth-order valence-corrected chi connectivity index (χ4v) is 5.83. The summed E-state index contributed by atoms with van der Waals surface area (Å²) in [5, 5.41) is 0. The molecule has 4 N–H and O–H groups in total. The molecular formula is C30H39N3O4. The molecule has 4 rings (SSSR count). The van der Waals surface area contributed by atoms with Gasteiger partial charge in [0.05, 0.1) is 31.5 Å². The summed E-state index contributed by atoms with van der Waals surface area (Å²) in [6.45, 7) is 0.486. The lowest BCUT2D eigenvalue weighted by atomic mass is 9.81. The largest absolute Gasteiger partial charge is 0.469 e. The van der Waals surface area contributed by atoms with E-state index in [0.717, 1.165) is 38.5 Å². The van der Waals surface area contributed by atoms with Crippen LogP contribution in [0, 0.1) is 5.92 Å². The summed E-state index contributed by atoms with van der Waals surface area (Å²) in [6.07, 6.45) is 6.12. The number of rotatable bonds is 10. The van der Waals surface area contributed by atoms with Gasteiger partial charge in [-0.1, -0.05) is 54.6 Å². The van der Waals surface area contributed by atoms with Crippen molar-refractivity contribution >= 4 is 17.7 Å². The first-order chi connectivity index (χ1) is 17.9. The summed E-state index contributed by atoms with van der Waals surface area (Å²) < 4.78 is 4.80. The van der Waals surface area contributed by atoms with Gasteiger partial charge >= 0.3 is 5.97 Å². The first kappa shape index (κ1) is 27.0. The number of amides is 1. The molecule has 7 nitrogen and oxygen atoms in total. The third-order valence-corrected chi connectivity index (χ3v) is 8.06. The van der Waals surface area contributed by atoms with E-state index in [1.165, 1.54) is 18.2 Å². The summed E-state index contributed by atoms with van der Waals surface area (Å²) in [5.41, 5.74) is 15.6. The first-order valence-corrected chi connectivity index (χ1v) is 13.4. The number of carbonyl (C=O) groups excluding carboxylic acids is 3. The lowest BCUT2D eigenvalue weighted by molar-refractivity contribution is -0.144. The molecule has 37 heavy (non-hydrogen) atoms. The SMILES string of the molecule is COC(=O)C[C@@H]1C[C@@H](C(N)C(=O)c2ccc(C3CCC(N)CC3)cc2)N(CCCc2ccccc2)C1=O. The fraction of sp³-hybridized carbons (Fsp3) is 0.500. The normalized spacial score (nSPS) is 24.6. The number of benzene rings is 2. The van der Waals surface area contributed by atoms with E-state index >= 15 is 0 Å². The Balaban J connectivity index is 1.44. The van der Waals surface area contributed by atoms with Gasteiger partial charge in [-0.15, -0.1) is 0 Å². The Bertz CT molecular complexity index is 1060. The molecule has 0 spiro atoms. The minimum Gasteiger partial charge on any atom is -0.469 e. The third-order valence-electron chi connectivity index (χ3n) is 8.06. The van der Waals surface area contributed by atoms with Crippen LogP contribution in [0.1, 0.15) is 72.3 Å². The number of nitrogens with two attached hydrogens (primary N) is 2. The summed E-state index contributed by atoms with van der Waals surface area (Å²) in [4.78, 5) is 40.3. The highest BCUT2D eigenvalue weighted by atomic mass is 16.5. The zero-order valence-corrected chi connectivity index (χ0v) is 21.7. The monoisotopic (exact) mass is 505 g/mol. The van der Waals surface area contributed by atoms with Gasteiger partial charge in [0.2, 0.25) is 5.91 Å². The highest BCUT2D eigenvalue weighted by Gasteiger charge is 2.44. The van der Waals surface area contributed by atoms with Gasteiger partial charge in [0, 0.05) is 18.2 Å². The number of esters is 1. The molecule has 1 saturated heterocycles. The van der Waals surface area contributed by atoms with Crippen molar-refractivity contribution in [3.8, 4) is 0 Å². The van der Waals surface area contributed by atoms with Crippen LogP contribution in [0.15, 0.2) is 54.6 Å². The molecule has 7 heteroatoms. The van der Waals surface area contributed by atoms with Crippen LogP contribution in [0.4, 0.5) is 0 Å². The van der Waals surface area contributed by atoms with E-state index in [1.54, 1.807) is 4.90 Å². The number of aryl methyl sites for hydroxylation is 1. The zero-order chi connectivity index (χ0) is 26.4. The van der Waals surface area contributed by atoms with Crippen LogP contribution < -0.4 is 11.5 Å². The molecule has 0 aromatic heterocycles. The van der Waals surface area contributed by atoms with Gasteiger partial charge in [-0.3, -0.25) is 14.4 Å². The lowest BCUT2D eigenvalue weighted by Gasteiger charge is -2.29. The Morgan fingerprint density at radius 1 is 1.03 bits per heavy atom. The Morgan fingerprint density at radius 2 is 1.70 bits per heavy atom. The molecule has 1 heterocycles. The molecule has 198 valence electrons. The Labute approximate surface area is 219 Å². The fourth-order valence-electron chi connectivity index (χ4n) is 5.83. The van der Waals surface area contributed by atoms with Gasteiger partial charge in [0.15, 0.2) is 5.78 Å². The van der Waals surface area contributed by atoms with E-state index in [2.05, 4.69) is 12.1 Å². The van der Waals surface area contributed by atoms with Gasteiger partial charge in [-0.25, -0.2) is 0 Å². The van der Waals surface area contributed by atoms with Crippen molar-refractivity contribution in [3.05, 3.63) is 71.3 Å². The molecule has 1 aliphatic carbocycles. The second-order valence-corrected chi connectivity index (χ2v) is 10.5. The van der Waals surface area contributed by atoms with Gasteiger partial charge < -0.3 is 21.1 Å². The van der Waals surface area contributed by atoms with Gasteiger partial charge in [-0.05, 0) is 62.0 Å². The number of hydrogen-bond donors (Lipinski definition) is 2. The summed E-state index contributed by atoms with van der Waals surface area (Å²) in [6, 6.07) is 16.8. The van der Waals surface area contributed by atoms with Crippen LogP contribution in [0.2, 0.25) is 0 Å². The molecule has 2 fully saturated rings. The van der Waals surface area contributed by atoms with E-state index in [1.807, 2.05) is 42.5 Å². The van der Waals surface area contributed by atoms with Crippen molar-refractivity contribution < 1.29 is 19.1 Å². The molecule has 0 radical (unpaired) electrons. The molecule has 1 saturated carbocycles. The molecule has 1 amide bonds. The maximum atomic E-state index is 13.4. The molecule has 2 aliphatic rings. The number of methoxy groups -OCH3 is 1. The average Bonchev–Trinajstić information content (AvgIpc) is 3.23. The van der Waals surface area contributed by atoms with Crippen molar-refractivity contribution in [3.63, 3.8) is 0 Å². The van der Waals surface area contributed by atoms with Crippen molar-refractivity contribution in [1.29, 1.82) is 0 Å². The standard InChI is InChI=1S/C30H39N3O4/c1-37-27(34)19-24-18-26(33(30(24)36)17-5-8-20-6-3-2-4-7-20)28(32)29(35)23-11-9-21(10-12-23)22-13-15-25(31)16-14-22/h2-4,6-7,9-12,22,24-26,28H,5,8,13-19,31-32H2,1H3/t22?,24-,25?,26-,28?/m0/s1. The van der Waals surface area contributed by atoms with Crippen LogP contribution in [-0.4, -0.2) is 54.3 Å². The average molecular weight is 506 g/mol. The quantitative estimate of drug-likeness (QED) is 0.377. The molecule has 0 bridgehead atoms. The topological polar surface area (TPSA) is 116 Å². The molecule has 2 aromatic carbocycles. The van der Waals surface area contributed by atoms with Crippen molar-refractivity contribution in [2.75, 3.05) is 13.7 Å².